The molecule has 0 N–H and O–H groups in total. The smallest absolute Gasteiger partial charge is 0.201 e. The van der Waals surface area contributed by atoms with E-state index in [0.29, 0.717) is 0 Å². The molecule has 1 nitrogen and oxygen atoms in total. The number of pyridine rings is 1. The van der Waals surface area contributed by atoms with Crippen molar-refractivity contribution in [2.24, 2.45) is 7.05 Å². The molecule has 0 bridgehead atoms. The van der Waals surface area contributed by atoms with Crippen molar-refractivity contribution in [3.8, 4) is 11.3 Å². The van der Waals surface area contributed by atoms with Crippen LogP contribution in [-0.2, 0) is 13.5 Å². The van der Waals surface area contributed by atoms with Crippen LogP contribution in [-0.4, -0.2) is 0 Å². The van der Waals surface area contributed by atoms with Crippen molar-refractivity contribution < 1.29 is 4.57 Å². The minimum atomic E-state index is 1.14. The molecule has 0 saturated carbocycles. The fourth-order valence-electron chi connectivity index (χ4n) is 2.36. The second kappa shape index (κ2) is 5.34. The molecule has 94 valence electrons. The summed E-state index contributed by atoms with van der Waals surface area (Å²) in [5.41, 5.74) is 6.77. The highest BCUT2D eigenvalue weighted by Crippen LogP contribution is 2.24. The summed E-state index contributed by atoms with van der Waals surface area (Å²) < 4.78 is 2.21. The molecular weight excluding hydrogens is 218 g/mol. The Balaban J connectivity index is 2.61. The highest BCUT2D eigenvalue weighted by Gasteiger charge is 2.14. The van der Waals surface area contributed by atoms with E-state index in [1.807, 2.05) is 0 Å². The number of aryl methyl sites for hydroxylation is 4. The molecule has 0 fully saturated rings. The number of rotatable bonds is 3. The van der Waals surface area contributed by atoms with Crippen molar-refractivity contribution >= 4 is 0 Å². The van der Waals surface area contributed by atoms with Gasteiger partial charge < -0.3 is 0 Å². The molecule has 0 amide bonds. The Labute approximate surface area is 110 Å². The van der Waals surface area contributed by atoms with Crippen molar-refractivity contribution in [1.29, 1.82) is 0 Å². The Hall–Kier alpha value is -1.63. The first-order valence-corrected chi connectivity index (χ1v) is 6.68. The molecular formula is C17H22N+. The van der Waals surface area contributed by atoms with Crippen molar-refractivity contribution in [2.75, 3.05) is 0 Å². The topological polar surface area (TPSA) is 3.88 Å². The number of aromatic nitrogens is 1. The summed E-state index contributed by atoms with van der Waals surface area (Å²) >= 11 is 0. The van der Waals surface area contributed by atoms with E-state index in [0.717, 1.165) is 6.42 Å². The van der Waals surface area contributed by atoms with Crippen LogP contribution < -0.4 is 4.57 Å². The standard InChI is InChI=1S/C17H22N/c1-5-6-15-8-7-13(2)11-16(15)17-12-14(3)9-10-18(17)4/h7-12H,5-6H2,1-4H3/q+1. The molecule has 0 radical (unpaired) electrons. The van der Waals surface area contributed by atoms with Crippen LogP contribution in [0.5, 0.6) is 0 Å². The normalized spacial score (nSPS) is 10.7. The van der Waals surface area contributed by atoms with E-state index >= 15 is 0 Å². The van der Waals surface area contributed by atoms with E-state index < -0.39 is 0 Å². The third-order valence-electron chi connectivity index (χ3n) is 3.37. The van der Waals surface area contributed by atoms with Crippen molar-refractivity contribution in [3.05, 3.63) is 53.2 Å². The zero-order valence-electron chi connectivity index (χ0n) is 11.8. The first kappa shape index (κ1) is 12.8. The summed E-state index contributed by atoms with van der Waals surface area (Å²) in [6.07, 6.45) is 4.47. The first-order valence-electron chi connectivity index (χ1n) is 6.68. The van der Waals surface area contributed by atoms with Gasteiger partial charge in [0, 0.05) is 17.7 Å². The SMILES string of the molecule is CCCc1ccc(C)cc1-c1cc(C)cc[n+]1C. The molecule has 1 heterocycles. The summed E-state index contributed by atoms with van der Waals surface area (Å²) in [6, 6.07) is 11.2. The molecule has 0 aliphatic carbocycles. The van der Waals surface area contributed by atoms with Crippen LogP contribution in [0.15, 0.2) is 36.5 Å². The lowest BCUT2D eigenvalue weighted by molar-refractivity contribution is -0.660. The molecule has 0 atom stereocenters. The van der Waals surface area contributed by atoms with Gasteiger partial charge in [-0.25, -0.2) is 4.57 Å². The molecule has 1 aromatic carbocycles. The van der Waals surface area contributed by atoms with Gasteiger partial charge in [0.1, 0.15) is 7.05 Å². The van der Waals surface area contributed by atoms with Crippen LogP contribution in [0.25, 0.3) is 11.3 Å². The maximum absolute atomic E-state index is 2.31. The molecule has 0 saturated heterocycles. The number of nitrogens with zero attached hydrogens (tertiary/aromatic N) is 1. The number of hydrogen-bond donors (Lipinski definition) is 0. The van der Waals surface area contributed by atoms with E-state index in [1.165, 1.54) is 34.4 Å². The predicted molar refractivity (Wildman–Crippen MR) is 76.5 cm³/mol. The lowest BCUT2D eigenvalue weighted by atomic mass is 9.97. The van der Waals surface area contributed by atoms with Gasteiger partial charge in [0.2, 0.25) is 5.69 Å². The van der Waals surface area contributed by atoms with Gasteiger partial charge in [-0.2, -0.15) is 0 Å². The van der Waals surface area contributed by atoms with E-state index in [9.17, 15) is 0 Å². The van der Waals surface area contributed by atoms with E-state index in [1.54, 1.807) is 0 Å². The van der Waals surface area contributed by atoms with Gasteiger partial charge in [-0.15, -0.1) is 0 Å². The predicted octanol–water partition coefficient (Wildman–Crippen LogP) is 3.75. The maximum atomic E-state index is 2.31. The molecule has 0 unspecified atom stereocenters. The minimum absolute atomic E-state index is 1.14. The van der Waals surface area contributed by atoms with E-state index in [-0.39, 0.29) is 0 Å². The van der Waals surface area contributed by atoms with Gasteiger partial charge in [-0.1, -0.05) is 31.0 Å². The van der Waals surface area contributed by atoms with Gasteiger partial charge in [0.05, 0.1) is 0 Å². The van der Waals surface area contributed by atoms with Crippen molar-refractivity contribution in [2.45, 2.75) is 33.6 Å². The van der Waals surface area contributed by atoms with Crippen LogP contribution >= 0.6 is 0 Å². The van der Waals surface area contributed by atoms with Crippen molar-refractivity contribution in [1.82, 2.24) is 0 Å². The van der Waals surface area contributed by atoms with Crippen LogP contribution in [0.1, 0.15) is 30.0 Å². The Kier molecular flexibility index (Phi) is 3.81. The molecule has 2 aromatic rings. The molecule has 1 heteroatoms. The van der Waals surface area contributed by atoms with Crippen LogP contribution in [0, 0.1) is 13.8 Å². The van der Waals surface area contributed by atoms with E-state index in [4.69, 9.17) is 0 Å². The lowest BCUT2D eigenvalue weighted by Gasteiger charge is -2.09. The molecule has 18 heavy (non-hydrogen) atoms. The first-order chi connectivity index (χ1) is 8.61. The fraction of sp³-hybridized carbons (Fsp3) is 0.353. The molecule has 2 rings (SSSR count). The summed E-state index contributed by atoms with van der Waals surface area (Å²) in [5, 5.41) is 0. The minimum Gasteiger partial charge on any atom is -0.201 e. The van der Waals surface area contributed by atoms with Gasteiger partial charge in [-0.3, -0.25) is 0 Å². The van der Waals surface area contributed by atoms with Gasteiger partial charge in [0.25, 0.3) is 0 Å². The Morgan fingerprint density at radius 2 is 1.72 bits per heavy atom. The van der Waals surface area contributed by atoms with Gasteiger partial charge >= 0.3 is 0 Å². The van der Waals surface area contributed by atoms with Crippen LogP contribution in [0.2, 0.25) is 0 Å². The Morgan fingerprint density at radius 1 is 1.00 bits per heavy atom. The maximum Gasteiger partial charge on any atom is 0.212 e. The molecule has 0 spiro atoms. The number of benzene rings is 1. The summed E-state index contributed by atoms with van der Waals surface area (Å²) in [4.78, 5) is 0. The van der Waals surface area contributed by atoms with Crippen LogP contribution in [0.3, 0.4) is 0 Å². The second-order valence-corrected chi connectivity index (χ2v) is 5.11. The zero-order valence-corrected chi connectivity index (χ0v) is 11.8. The number of hydrogen-bond acceptors (Lipinski definition) is 0. The Morgan fingerprint density at radius 3 is 2.44 bits per heavy atom. The second-order valence-electron chi connectivity index (χ2n) is 5.11. The van der Waals surface area contributed by atoms with Crippen LogP contribution in [0.4, 0.5) is 0 Å². The van der Waals surface area contributed by atoms with E-state index in [2.05, 4.69) is 68.9 Å². The van der Waals surface area contributed by atoms with Crippen molar-refractivity contribution in [3.63, 3.8) is 0 Å². The highest BCUT2D eigenvalue weighted by molar-refractivity contribution is 5.62. The molecule has 0 aliphatic rings. The zero-order chi connectivity index (χ0) is 13.1. The average molecular weight is 240 g/mol. The van der Waals surface area contributed by atoms with Gasteiger partial charge in [0.15, 0.2) is 6.20 Å². The lowest BCUT2D eigenvalue weighted by Crippen LogP contribution is -2.30. The molecule has 1 aromatic heterocycles. The highest BCUT2D eigenvalue weighted by atomic mass is 14.9. The Bertz CT molecular complexity index is 556. The molecule has 0 aliphatic heterocycles. The summed E-state index contributed by atoms with van der Waals surface area (Å²) in [5.74, 6) is 0. The quantitative estimate of drug-likeness (QED) is 0.719. The monoisotopic (exact) mass is 240 g/mol. The van der Waals surface area contributed by atoms with Gasteiger partial charge in [-0.05, 0) is 37.5 Å². The average Bonchev–Trinajstić information content (AvgIpc) is 2.35. The summed E-state index contributed by atoms with van der Waals surface area (Å²) in [6.45, 7) is 6.55. The largest absolute Gasteiger partial charge is 0.212 e. The third-order valence-corrected chi connectivity index (χ3v) is 3.37. The fourth-order valence-corrected chi connectivity index (χ4v) is 2.36. The summed E-state index contributed by atoms with van der Waals surface area (Å²) in [7, 11) is 2.12. The third kappa shape index (κ3) is 2.61.